The van der Waals surface area contributed by atoms with Crippen molar-refractivity contribution in [1.29, 1.82) is 0 Å². The normalized spacial score (nSPS) is 26.8. The van der Waals surface area contributed by atoms with Crippen LogP contribution in [0.5, 0.6) is 0 Å². The summed E-state index contributed by atoms with van der Waals surface area (Å²) in [7, 11) is 0. The van der Waals surface area contributed by atoms with Crippen molar-refractivity contribution in [3.63, 3.8) is 0 Å². The lowest BCUT2D eigenvalue weighted by Crippen LogP contribution is -2.34. The number of hydrogen-bond donors (Lipinski definition) is 1. The van der Waals surface area contributed by atoms with Crippen molar-refractivity contribution >= 4 is 11.8 Å². The van der Waals surface area contributed by atoms with Crippen LogP contribution in [0.2, 0.25) is 0 Å². The quantitative estimate of drug-likeness (QED) is 0.683. The molecule has 0 bridgehead atoms. The molecule has 0 radical (unpaired) electrons. The Morgan fingerprint density at radius 3 is 2.12 bits per heavy atom. The van der Waals surface area contributed by atoms with Gasteiger partial charge >= 0.3 is 0 Å². The molecule has 0 heterocycles. The maximum absolute atomic E-state index is 3.85. The molecule has 3 rings (SSSR count). The predicted molar refractivity (Wildman–Crippen MR) is 72.0 cm³/mol. The van der Waals surface area contributed by atoms with Crippen LogP contribution >= 0.6 is 11.8 Å². The molecule has 0 amide bonds. The Kier molecular flexibility index (Phi) is 3.78. The van der Waals surface area contributed by atoms with E-state index >= 15 is 0 Å². The molecule has 0 aromatic carbocycles. The van der Waals surface area contributed by atoms with Gasteiger partial charge in [0.25, 0.3) is 0 Å². The maximum Gasteiger partial charge on any atom is 0.0124 e. The molecule has 0 aromatic heterocycles. The summed E-state index contributed by atoms with van der Waals surface area (Å²) in [5.41, 5.74) is 0. The fraction of sp³-hybridized carbons (Fsp3) is 1.00. The molecule has 3 aliphatic rings. The molecule has 0 atom stereocenters. The molecule has 0 aliphatic heterocycles. The predicted octanol–water partition coefficient (Wildman–Crippen LogP) is 3.44. The number of rotatable bonds is 7. The van der Waals surface area contributed by atoms with Gasteiger partial charge in [-0.25, -0.2) is 0 Å². The van der Waals surface area contributed by atoms with E-state index in [2.05, 4.69) is 17.1 Å². The highest BCUT2D eigenvalue weighted by Gasteiger charge is 2.40. The molecule has 1 N–H and O–H groups in total. The molecular weight excluding hydrogens is 214 g/mol. The third-order valence-electron chi connectivity index (χ3n) is 4.40. The zero-order valence-corrected chi connectivity index (χ0v) is 11.1. The highest BCUT2D eigenvalue weighted by Crippen LogP contribution is 2.44. The Labute approximate surface area is 104 Å². The standard InChI is InChI=1S/C14H25NS/c1-2-4-13(3-1)16-10-9-15-14(11-5-6-11)12-7-8-12/h11-15H,1-10H2. The molecule has 0 saturated heterocycles. The summed E-state index contributed by atoms with van der Waals surface area (Å²) in [6.07, 6.45) is 12.0. The summed E-state index contributed by atoms with van der Waals surface area (Å²) in [6, 6.07) is 0.907. The van der Waals surface area contributed by atoms with E-state index in [1.54, 1.807) is 0 Å². The van der Waals surface area contributed by atoms with Gasteiger partial charge < -0.3 is 5.32 Å². The molecular formula is C14H25NS. The van der Waals surface area contributed by atoms with E-state index in [4.69, 9.17) is 0 Å². The van der Waals surface area contributed by atoms with Gasteiger partial charge in [-0.2, -0.15) is 11.8 Å². The zero-order chi connectivity index (χ0) is 10.8. The molecule has 0 aromatic rings. The largest absolute Gasteiger partial charge is 0.313 e. The summed E-state index contributed by atoms with van der Waals surface area (Å²) in [4.78, 5) is 0. The first-order valence-corrected chi connectivity index (χ1v) is 8.33. The molecule has 3 fully saturated rings. The molecule has 0 unspecified atom stereocenters. The fourth-order valence-corrected chi connectivity index (χ4v) is 4.37. The van der Waals surface area contributed by atoms with Crippen molar-refractivity contribution < 1.29 is 0 Å². The minimum absolute atomic E-state index is 0.907. The Bertz CT molecular complexity index is 205. The lowest BCUT2D eigenvalue weighted by Gasteiger charge is -2.18. The van der Waals surface area contributed by atoms with Crippen LogP contribution in [0.4, 0.5) is 0 Å². The SMILES string of the molecule is C1CCC(SCCNC(C2CC2)C2CC2)C1. The molecule has 3 saturated carbocycles. The monoisotopic (exact) mass is 239 g/mol. The topological polar surface area (TPSA) is 12.0 Å². The van der Waals surface area contributed by atoms with Crippen LogP contribution in [0.1, 0.15) is 51.4 Å². The van der Waals surface area contributed by atoms with Gasteiger partial charge in [-0.3, -0.25) is 0 Å². The lowest BCUT2D eigenvalue weighted by molar-refractivity contribution is 0.429. The van der Waals surface area contributed by atoms with Gasteiger partial charge in [0.15, 0.2) is 0 Å². The number of thioether (sulfide) groups is 1. The van der Waals surface area contributed by atoms with E-state index in [-0.39, 0.29) is 0 Å². The minimum atomic E-state index is 0.907. The first-order chi connectivity index (χ1) is 7.93. The van der Waals surface area contributed by atoms with Gasteiger partial charge in [0.05, 0.1) is 0 Å². The highest BCUT2D eigenvalue weighted by molar-refractivity contribution is 7.99. The number of hydrogen-bond acceptors (Lipinski definition) is 2. The van der Waals surface area contributed by atoms with Gasteiger partial charge in [0.2, 0.25) is 0 Å². The first kappa shape index (κ1) is 11.4. The summed E-state index contributed by atoms with van der Waals surface area (Å²) >= 11 is 2.23. The van der Waals surface area contributed by atoms with Crippen LogP contribution in [-0.4, -0.2) is 23.6 Å². The van der Waals surface area contributed by atoms with Crippen LogP contribution in [-0.2, 0) is 0 Å². The summed E-state index contributed by atoms with van der Waals surface area (Å²) in [5, 5.41) is 4.85. The average Bonchev–Trinajstić information content (AvgIpc) is 3.20. The van der Waals surface area contributed by atoms with Crippen molar-refractivity contribution in [2.75, 3.05) is 12.3 Å². The lowest BCUT2D eigenvalue weighted by atomic mass is 10.1. The number of nitrogens with one attached hydrogen (secondary N) is 1. The Morgan fingerprint density at radius 2 is 1.56 bits per heavy atom. The first-order valence-electron chi connectivity index (χ1n) is 7.28. The second-order valence-electron chi connectivity index (χ2n) is 5.93. The zero-order valence-electron chi connectivity index (χ0n) is 10.3. The Hall–Kier alpha value is 0.310. The van der Waals surface area contributed by atoms with Gasteiger partial charge in [-0.15, -0.1) is 0 Å². The molecule has 92 valence electrons. The van der Waals surface area contributed by atoms with Crippen LogP contribution < -0.4 is 5.32 Å². The van der Waals surface area contributed by atoms with E-state index in [9.17, 15) is 0 Å². The van der Waals surface area contributed by atoms with Gasteiger partial charge in [-0.1, -0.05) is 12.8 Å². The molecule has 2 heteroatoms. The van der Waals surface area contributed by atoms with Gasteiger partial charge in [0.1, 0.15) is 0 Å². The second kappa shape index (κ2) is 5.30. The van der Waals surface area contributed by atoms with Crippen molar-refractivity contribution in [3.05, 3.63) is 0 Å². The van der Waals surface area contributed by atoms with E-state index in [0.29, 0.717) is 0 Å². The van der Waals surface area contributed by atoms with Crippen LogP contribution in [0.25, 0.3) is 0 Å². The van der Waals surface area contributed by atoms with Gasteiger partial charge in [0, 0.05) is 23.6 Å². The maximum atomic E-state index is 3.85. The fourth-order valence-electron chi connectivity index (χ4n) is 3.14. The average molecular weight is 239 g/mol. The van der Waals surface area contributed by atoms with Crippen LogP contribution in [0.3, 0.4) is 0 Å². The second-order valence-corrected chi connectivity index (χ2v) is 7.34. The van der Waals surface area contributed by atoms with Crippen molar-refractivity contribution in [1.82, 2.24) is 5.32 Å². The summed E-state index contributed by atoms with van der Waals surface area (Å²) in [6.45, 7) is 1.26. The Morgan fingerprint density at radius 1 is 0.938 bits per heavy atom. The highest BCUT2D eigenvalue weighted by atomic mass is 32.2. The van der Waals surface area contributed by atoms with Gasteiger partial charge in [-0.05, 0) is 50.4 Å². The van der Waals surface area contributed by atoms with E-state index < -0.39 is 0 Å². The van der Waals surface area contributed by atoms with Crippen molar-refractivity contribution in [2.24, 2.45) is 11.8 Å². The third kappa shape index (κ3) is 3.16. The molecule has 1 nitrogen and oxygen atoms in total. The van der Waals surface area contributed by atoms with E-state index in [1.165, 1.54) is 63.7 Å². The summed E-state index contributed by atoms with van der Waals surface area (Å²) in [5.74, 6) is 3.47. The molecule has 3 aliphatic carbocycles. The Balaban J connectivity index is 1.29. The smallest absolute Gasteiger partial charge is 0.0124 e. The van der Waals surface area contributed by atoms with Crippen molar-refractivity contribution in [2.45, 2.75) is 62.7 Å². The van der Waals surface area contributed by atoms with Crippen LogP contribution in [0.15, 0.2) is 0 Å². The molecule has 16 heavy (non-hydrogen) atoms. The van der Waals surface area contributed by atoms with E-state index in [0.717, 1.165) is 23.1 Å². The minimum Gasteiger partial charge on any atom is -0.313 e. The van der Waals surface area contributed by atoms with Crippen molar-refractivity contribution in [3.8, 4) is 0 Å². The van der Waals surface area contributed by atoms with Crippen LogP contribution in [0, 0.1) is 11.8 Å². The third-order valence-corrected chi connectivity index (χ3v) is 5.78. The summed E-state index contributed by atoms with van der Waals surface area (Å²) < 4.78 is 0. The molecule has 0 spiro atoms. The van der Waals surface area contributed by atoms with E-state index in [1.807, 2.05) is 0 Å².